The van der Waals surface area contributed by atoms with E-state index >= 15 is 0 Å². The first kappa shape index (κ1) is 16.3. The first-order valence-electron chi connectivity index (χ1n) is 6.17. The molecule has 2 rings (SSSR count). The lowest BCUT2D eigenvalue weighted by Crippen LogP contribution is -2.17. The Bertz CT molecular complexity index is 595. The van der Waals surface area contributed by atoms with Crippen molar-refractivity contribution in [2.45, 2.75) is 0 Å². The molecule has 6 nitrogen and oxygen atoms in total. The zero-order valence-corrected chi connectivity index (χ0v) is 11.9. The number of benzene rings is 1. The SMILES string of the molecule is CN(C)c1ccc(C=NNC(=O)c2ccncc2)cc1.O. The van der Waals surface area contributed by atoms with E-state index in [1.165, 1.54) is 0 Å². The van der Waals surface area contributed by atoms with Crippen LogP contribution >= 0.6 is 0 Å². The van der Waals surface area contributed by atoms with Crippen LogP contribution in [0.15, 0.2) is 53.9 Å². The molecule has 1 amide bonds. The van der Waals surface area contributed by atoms with Gasteiger partial charge in [-0.25, -0.2) is 5.43 Å². The van der Waals surface area contributed by atoms with Gasteiger partial charge in [-0.1, -0.05) is 12.1 Å². The average Bonchev–Trinajstić information content (AvgIpc) is 2.48. The summed E-state index contributed by atoms with van der Waals surface area (Å²) >= 11 is 0. The van der Waals surface area contributed by atoms with Gasteiger partial charge in [0.05, 0.1) is 6.21 Å². The van der Waals surface area contributed by atoms with E-state index in [1.54, 1.807) is 30.7 Å². The Hall–Kier alpha value is -2.73. The second-order valence-electron chi connectivity index (χ2n) is 4.42. The second kappa shape index (κ2) is 7.76. The van der Waals surface area contributed by atoms with Gasteiger partial charge in [0.2, 0.25) is 0 Å². The highest BCUT2D eigenvalue weighted by Gasteiger charge is 2.01. The van der Waals surface area contributed by atoms with Gasteiger partial charge in [-0.15, -0.1) is 0 Å². The van der Waals surface area contributed by atoms with Crippen molar-refractivity contribution in [3.63, 3.8) is 0 Å². The van der Waals surface area contributed by atoms with Crippen molar-refractivity contribution in [3.8, 4) is 0 Å². The molecule has 1 aromatic carbocycles. The molecule has 1 heterocycles. The number of rotatable bonds is 4. The molecule has 3 N–H and O–H groups in total. The lowest BCUT2D eigenvalue weighted by Gasteiger charge is -2.11. The number of hydrazone groups is 1. The molecule has 0 bridgehead atoms. The number of carbonyl (C=O) groups excluding carboxylic acids is 1. The highest BCUT2D eigenvalue weighted by atomic mass is 16.2. The van der Waals surface area contributed by atoms with E-state index in [0.29, 0.717) is 5.56 Å². The van der Waals surface area contributed by atoms with Crippen LogP contribution in [0.5, 0.6) is 0 Å². The van der Waals surface area contributed by atoms with Crippen molar-refractivity contribution in [1.29, 1.82) is 0 Å². The largest absolute Gasteiger partial charge is 0.412 e. The van der Waals surface area contributed by atoms with Crippen LogP contribution in [0.25, 0.3) is 0 Å². The topological polar surface area (TPSA) is 89.1 Å². The van der Waals surface area contributed by atoms with Crippen LogP contribution in [0, 0.1) is 0 Å². The maximum absolute atomic E-state index is 11.7. The third-order valence-corrected chi connectivity index (χ3v) is 2.73. The van der Waals surface area contributed by atoms with Gasteiger partial charge in [-0.3, -0.25) is 9.78 Å². The predicted molar refractivity (Wildman–Crippen MR) is 83.7 cm³/mol. The molecular weight excluding hydrogens is 268 g/mol. The molecule has 0 unspecified atom stereocenters. The Labute approximate surface area is 123 Å². The summed E-state index contributed by atoms with van der Waals surface area (Å²) < 4.78 is 0. The van der Waals surface area contributed by atoms with Crippen LogP contribution in [0.1, 0.15) is 15.9 Å². The summed E-state index contributed by atoms with van der Waals surface area (Å²) in [6.45, 7) is 0. The second-order valence-corrected chi connectivity index (χ2v) is 4.42. The number of nitrogens with one attached hydrogen (secondary N) is 1. The molecule has 0 aliphatic heterocycles. The predicted octanol–water partition coefficient (Wildman–Crippen LogP) is 1.09. The lowest BCUT2D eigenvalue weighted by atomic mass is 10.2. The van der Waals surface area contributed by atoms with Crippen LogP contribution in [-0.2, 0) is 0 Å². The summed E-state index contributed by atoms with van der Waals surface area (Å²) in [6, 6.07) is 11.1. The third-order valence-electron chi connectivity index (χ3n) is 2.73. The molecule has 0 fully saturated rings. The van der Waals surface area contributed by atoms with Gasteiger partial charge >= 0.3 is 0 Å². The van der Waals surface area contributed by atoms with Gasteiger partial charge in [0, 0.05) is 37.7 Å². The maximum atomic E-state index is 11.7. The fourth-order valence-corrected chi connectivity index (χ4v) is 1.59. The number of aromatic nitrogens is 1. The fraction of sp³-hybridized carbons (Fsp3) is 0.133. The first-order valence-corrected chi connectivity index (χ1v) is 6.17. The smallest absolute Gasteiger partial charge is 0.271 e. The molecule has 6 heteroatoms. The number of pyridine rings is 1. The normalized spacial score (nSPS) is 10.0. The van der Waals surface area contributed by atoms with Gasteiger partial charge in [-0.2, -0.15) is 5.10 Å². The monoisotopic (exact) mass is 286 g/mol. The average molecular weight is 286 g/mol. The number of amides is 1. The highest BCUT2D eigenvalue weighted by Crippen LogP contribution is 2.10. The summed E-state index contributed by atoms with van der Waals surface area (Å²) in [4.78, 5) is 17.6. The fourth-order valence-electron chi connectivity index (χ4n) is 1.59. The molecule has 1 aromatic heterocycles. The van der Waals surface area contributed by atoms with Crippen LogP contribution in [0.4, 0.5) is 5.69 Å². The zero-order valence-electron chi connectivity index (χ0n) is 11.9. The molecule has 0 aliphatic rings. The Balaban J connectivity index is 0.00000220. The van der Waals surface area contributed by atoms with Crippen molar-refractivity contribution in [1.82, 2.24) is 10.4 Å². The Morgan fingerprint density at radius 2 is 1.76 bits per heavy atom. The van der Waals surface area contributed by atoms with Crippen LogP contribution < -0.4 is 10.3 Å². The Morgan fingerprint density at radius 3 is 2.33 bits per heavy atom. The van der Waals surface area contributed by atoms with Crippen molar-refractivity contribution in [2.24, 2.45) is 5.10 Å². The number of anilines is 1. The van der Waals surface area contributed by atoms with Gasteiger partial charge in [0.25, 0.3) is 5.91 Å². The summed E-state index contributed by atoms with van der Waals surface area (Å²) in [7, 11) is 3.97. The Morgan fingerprint density at radius 1 is 1.14 bits per heavy atom. The van der Waals surface area contributed by atoms with Gasteiger partial charge < -0.3 is 10.4 Å². The molecule has 0 aliphatic carbocycles. The number of hydrogen-bond acceptors (Lipinski definition) is 4. The molecule has 0 saturated heterocycles. The Kier molecular flexibility index (Phi) is 6.03. The van der Waals surface area contributed by atoms with Crippen LogP contribution in [0.3, 0.4) is 0 Å². The zero-order chi connectivity index (χ0) is 14.4. The summed E-state index contributed by atoms with van der Waals surface area (Å²) in [5.74, 6) is -0.256. The molecule has 2 aromatic rings. The molecule has 21 heavy (non-hydrogen) atoms. The van der Waals surface area contributed by atoms with Crippen molar-refractivity contribution in [2.75, 3.05) is 19.0 Å². The van der Waals surface area contributed by atoms with Crippen molar-refractivity contribution < 1.29 is 10.3 Å². The standard InChI is InChI=1S/C15H16N4O.H2O/c1-19(2)14-5-3-12(4-6-14)11-17-18-15(20)13-7-9-16-10-8-13;/h3-11H,1-2H3,(H,18,20);1H2. The van der Waals surface area contributed by atoms with Gasteiger partial charge in [0.1, 0.15) is 0 Å². The number of hydrogen-bond donors (Lipinski definition) is 1. The van der Waals surface area contributed by atoms with E-state index in [-0.39, 0.29) is 11.4 Å². The number of nitrogens with zero attached hydrogens (tertiary/aromatic N) is 3. The summed E-state index contributed by atoms with van der Waals surface area (Å²) in [5.41, 5.74) is 5.04. The minimum Gasteiger partial charge on any atom is -0.412 e. The van der Waals surface area contributed by atoms with E-state index in [9.17, 15) is 4.79 Å². The van der Waals surface area contributed by atoms with Crippen LogP contribution in [0.2, 0.25) is 0 Å². The van der Waals surface area contributed by atoms with E-state index in [2.05, 4.69) is 15.5 Å². The maximum Gasteiger partial charge on any atom is 0.271 e. The van der Waals surface area contributed by atoms with Gasteiger partial charge in [-0.05, 0) is 29.8 Å². The summed E-state index contributed by atoms with van der Waals surface area (Å²) in [6.07, 6.45) is 4.75. The number of carbonyl (C=O) groups is 1. The molecular formula is C15H18N4O2. The minimum absolute atomic E-state index is 0. The summed E-state index contributed by atoms with van der Waals surface area (Å²) in [5, 5.41) is 3.93. The lowest BCUT2D eigenvalue weighted by molar-refractivity contribution is 0.0955. The van der Waals surface area contributed by atoms with E-state index in [1.807, 2.05) is 43.3 Å². The molecule has 0 spiro atoms. The first-order chi connectivity index (χ1) is 9.66. The van der Waals surface area contributed by atoms with Crippen molar-refractivity contribution in [3.05, 3.63) is 59.9 Å². The van der Waals surface area contributed by atoms with Gasteiger partial charge in [0.15, 0.2) is 0 Å². The molecule has 110 valence electrons. The minimum atomic E-state index is -0.256. The van der Waals surface area contributed by atoms with Crippen molar-refractivity contribution >= 4 is 17.8 Å². The molecule has 0 atom stereocenters. The molecule has 0 saturated carbocycles. The molecule has 0 radical (unpaired) electrons. The van der Waals surface area contributed by atoms with E-state index in [4.69, 9.17) is 0 Å². The van der Waals surface area contributed by atoms with Crippen LogP contribution in [-0.4, -0.2) is 36.7 Å². The third kappa shape index (κ3) is 4.70. The van der Waals surface area contributed by atoms with E-state index in [0.717, 1.165) is 11.3 Å². The van der Waals surface area contributed by atoms with E-state index < -0.39 is 0 Å². The quantitative estimate of drug-likeness (QED) is 0.674. The highest BCUT2D eigenvalue weighted by molar-refractivity contribution is 5.94.